The van der Waals surface area contributed by atoms with Gasteiger partial charge in [-0.15, -0.1) is 0 Å². The summed E-state index contributed by atoms with van der Waals surface area (Å²) in [5.74, 6) is 0. The Bertz CT molecular complexity index is 129. The predicted octanol–water partition coefficient (Wildman–Crippen LogP) is 4.09. The highest BCUT2D eigenvalue weighted by Gasteiger charge is 1.88. The van der Waals surface area contributed by atoms with Gasteiger partial charge in [-0.3, -0.25) is 0 Å². The maximum atomic E-state index is 2.35. The van der Waals surface area contributed by atoms with Gasteiger partial charge in [0.2, 0.25) is 0 Å². The molecule has 0 bridgehead atoms. The predicted molar refractivity (Wildman–Crippen MR) is 52.7 cm³/mol. The second-order valence-electron chi connectivity index (χ2n) is 2.82. The first kappa shape index (κ1) is 10.5. The van der Waals surface area contributed by atoms with E-state index in [0.717, 1.165) is 0 Å². The van der Waals surface area contributed by atoms with Crippen LogP contribution in [0.1, 0.15) is 46.5 Å². The molecular weight excluding hydrogens is 132 g/mol. The van der Waals surface area contributed by atoms with E-state index in [1.807, 2.05) is 0 Å². The van der Waals surface area contributed by atoms with Crippen molar-refractivity contribution < 1.29 is 0 Å². The molecule has 0 aromatic heterocycles. The molecule has 0 aromatic rings. The Balaban J connectivity index is 3.86. The standard InChI is InChI=1S/C11H20/c1-4-7-10-11(8-5-2)9-6-3/h5,8,10H,4,6-7,9H2,1-3H3/b8-5-,11-10-. The minimum atomic E-state index is 1.22. The van der Waals surface area contributed by atoms with Crippen LogP contribution in [0, 0.1) is 0 Å². The van der Waals surface area contributed by atoms with Crippen LogP contribution in [-0.4, -0.2) is 0 Å². The molecule has 0 aliphatic heterocycles. The Labute approximate surface area is 71.0 Å². The molecule has 0 amide bonds. The summed E-state index contributed by atoms with van der Waals surface area (Å²) < 4.78 is 0. The van der Waals surface area contributed by atoms with Crippen LogP contribution < -0.4 is 0 Å². The van der Waals surface area contributed by atoms with Gasteiger partial charge in [0.15, 0.2) is 0 Å². The summed E-state index contributed by atoms with van der Waals surface area (Å²) in [6.07, 6.45) is 11.6. The van der Waals surface area contributed by atoms with Gasteiger partial charge < -0.3 is 0 Å². The molecule has 0 aromatic carbocycles. The zero-order chi connectivity index (χ0) is 8.53. The third kappa shape index (κ3) is 5.90. The summed E-state index contributed by atoms with van der Waals surface area (Å²) >= 11 is 0. The number of unbranched alkanes of at least 4 members (excludes halogenated alkanes) is 1. The zero-order valence-electron chi connectivity index (χ0n) is 8.06. The van der Waals surface area contributed by atoms with Crippen molar-refractivity contribution in [1.29, 1.82) is 0 Å². The van der Waals surface area contributed by atoms with Crippen molar-refractivity contribution >= 4 is 0 Å². The van der Waals surface area contributed by atoms with Crippen LogP contribution in [0.4, 0.5) is 0 Å². The molecule has 0 unspecified atom stereocenters. The summed E-state index contributed by atoms with van der Waals surface area (Å²) in [5.41, 5.74) is 1.50. The maximum absolute atomic E-state index is 2.35. The van der Waals surface area contributed by atoms with E-state index in [9.17, 15) is 0 Å². The molecular formula is C11H20. The topological polar surface area (TPSA) is 0 Å². The van der Waals surface area contributed by atoms with Crippen LogP contribution in [0.25, 0.3) is 0 Å². The fraction of sp³-hybridized carbons (Fsp3) is 0.636. The first-order chi connectivity index (χ1) is 5.35. The van der Waals surface area contributed by atoms with Crippen molar-refractivity contribution in [1.82, 2.24) is 0 Å². The van der Waals surface area contributed by atoms with Crippen LogP contribution in [0.5, 0.6) is 0 Å². The molecule has 64 valence electrons. The van der Waals surface area contributed by atoms with E-state index in [2.05, 4.69) is 39.0 Å². The number of rotatable bonds is 5. The average Bonchev–Trinajstić information content (AvgIpc) is 2.01. The van der Waals surface area contributed by atoms with Crippen molar-refractivity contribution in [2.24, 2.45) is 0 Å². The first-order valence-corrected chi connectivity index (χ1v) is 4.66. The van der Waals surface area contributed by atoms with Gasteiger partial charge in [-0.1, -0.05) is 50.5 Å². The van der Waals surface area contributed by atoms with Crippen LogP contribution >= 0.6 is 0 Å². The second kappa shape index (κ2) is 7.59. The van der Waals surface area contributed by atoms with Crippen molar-refractivity contribution in [3.05, 3.63) is 23.8 Å². The van der Waals surface area contributed by atoms with Crippen LogP contribution in [0.3, 0.4) is 0 Å². The molecule has 0 saturated carbocycles. The zero-order valence-corrected chi connectivity index (χ0v) is 8.06. The minimum absolute atomic E-state index is 1.22. The number of hydrogen-bond acceptors (Lipinski definition) is 0. The largest absolute Gasteiger partial charge is 0.0874 e. The lowest BCUT2D eigenvalue weighted by atomic mass is 10.1. The van der Waals surface area contributed by atoms with E-state index in [1.165, 1.54) is 31.3 Å². The first-order valence-electron chi connectivity index (χ1n) is 4.66. The molecule has 0 heterocycles. The fourth-order valence-corrected chi connectivity index (χ4v) is 1.09. The Hall–Kier alpha value is -0.520. The highest BCUT2D eigenvalue weighted by atomic mass is 13.9. The Morgan fingerprint density at radius 3 is 2.36 bits per heavy atom. The molecule has 0 rings (SSSR count). The SMILES string of the molecule is C/C=C\C(=C\CCC)CCC. The monoisotopic (exact) mass is 152 g/mol. The molecule has 0 saturated heterocycles. The van der Waals surface area contributed by atoms with E-state index in [1.54, 1.807) is 0 Å². The van der Waals surface area contributed by atoms with E-state index in [-0.39, 0.29) is 0 Å². The molecule has 0 atom stereocenters. The highest BCUT2D eigenvalue weighted by molar-refractivity contribution is 5.17. The molecule has 0 aliphatic rings. The number of hydrogen-bond donors (Lipinski definition) is 0. The van der Waals surface area contributed by atoms with E-state index in [4.69, 9.17) is 0 Å². The lowest BCUT2D eigenvalue weighted by Crippen LogP contribution is -1.77. The molecule has 11 heavy (non-hydrogen) atoms. The summed E-state index contributed by atoms with van der Waals surface area (Å²) in [7, 11) is 0. The van der Waals surface area contributed by atoms with Crippen LogP contribution in [0.2, 0.25) is 0 Å². The quantitative estimate of drug-likeness (QED) is 0.520. The summed E-state index contributed by atoms with van der Waals surface area (Å²) in [4.78, 5) is 0. The third-order valence-corrected chi connectivity index (χ3v) is 1.61. The van der Waals surface area contributed by atoms with Gasteiger partial charge in [0, 0.05) is 0 Å². The molecule has 0 nitrogen and oxygen atoms in total. The number of allylic oxidation sites excluding steroid dienone is 4. The lowest BCUT2D eigenvalue weighted by Gasteiger charge is -1.97. The van der Waals surface area contributed by atoms with E-state index in [0.29, 0.717) is 0 Å². The average molecular weight is 152 g/mol. The van der Waals surface area contributed by atoms with Crippen molar-refractivity contribution in [2.75, 3.05) is 0 Å². The van der Waals surface area contributed by atoms with Gasteiger partial charge in [0.1, 0.15) is 0 Å². The Morgan fingerprint density at radius 1 is 1.18 bits per heavy atom. The van der Waals surface area contributed by atoms with E-state index < -0.39 is 0 Å². The third-order valence-electron chi connectivity index (χ3n) is 1.61. The van der Waals surface area contributed by atoms with Gasteiger partial charge in [-0.2, -0.15) is 0 Å². The fourth-order valence-electron chi connectivity index (χ4n) is 1.09. The van der Waals surface area contributed by atoms with Gasteiger partial charge in [-0.25, -0.2) is 0 Å². The van der Waals surface area contributed by atoms with Crippen LogP contribution in [0.15, 0.2) is 23.8 Å². The van der Waals surface area contributed by atoms with Crippen molar-refractivity contribution in [3.63, 3.8) is 0 Å². The Morgan fingerprint density at radius 2 is 1.91 bits per heavy atom. The van der Waals surface area contributed by atoms with Gasteiger partial charge in [-0.05, 0) is 19.8 Å². The van der Waals surface area contributed by atoms with Gasteiger partial charge in [0.05, 0.1) is 0 Å². The Kier molecular flexibility index (Phi) is 7.23. The maximum Gasteiger partial charge on any atom is -0.0285 e. The summed E-state index contributed by atoms with van der Waals surface area (Å²) in [5, 5.41) is 0. The molecule has 0 heteroatoms. The van der Waals surface area contributed by atoms with Crippen molar-refractivity contribution in [2.45, 2.75) is 46.5 Å². The minimum Gasteiger partial charge on any atom is -0.0874 e. The normalized spacial score (nSPS) is 12.8. The van der Waals surface area contributed by atoms with Crippen molar-refractivity contribution in [3.8, 4) is 0 Å². The molecule has 0 N–H and O–H groups in total. The smallest absolute Gasteiger partial charge is 0.0285 e. The molecule has 0 spiro atoms. The summed E-state index contributed by atoms with van der Waals surface area (Å²) in [6, 6.07) is 0. The van der Waals surface area contributed by atoms with Gasteiger partial charge in [0.25, 0.3) is 0 Å². The highest BCUT2D eigenvalue weighted by Crippen LogP contribution is 2.08. The second-order valence-corrected chi connectivity index (χ2v) is 2.82. The van der Waals surface area contributed by atoms with Crippen LogP contribution in [-0.2, 0) is 0 Å². The van der Waals surface area contributed by atoms with E-state index >= 15 is 0 Å². The lowest BCUT2D eigenvalue weighted by molar-refractivity contribution is 0.894. The molecule has 0 aliphatic carbocycles. The summed E-state index contributed by atoms with van der Waals surface area (Å²) in [6.45, 7) is 6.52. The van der Waals surface area contributed by atoms with Gasteiger partial charge >= 0.3 is 0 Å². The molecule has 0 radical (unpaired) electrons. The molecule has 0 fully saturated rings.